The van der Waals surface area contributed by atoms with E-state index in [9.17, 15) is 0 Å². The van der Waals surface area contributed by atoms with Crippen LogP contribution in [0.1, 0.15) is 25.7 Å². The molecule has 0 N–H and O–H groups in total. The van der Waals surface area contributed by atoms with Gasteiger partial charge in [0.15, 0.2) is 0 Å². The molecule has 38 valence electrons. The quantitative estimate of drug-likeness (QED) is 0.451. The molecule has 0 saturated heterocycles. The van der Waals surface area contributed by atoms with Gasteiger partial charge in [0, 0.05) is 0 Å². The van der Waals surface area contributed by atoms with E-state index in [0.717, 1.165) is 5.92 Å². The molecular weight excluding hydrogens is 99.0 g/mol. The highest BCUT2D eigenvalue weighted by molar-refractivity contribution is 6.08. The van der Waals surface area contributed by atoms with E-state index in [1.165, 1.54) is 31.0 Å². The molecule has 1 heteroatoms. The summed E-state index contributed by atoms with van der Waals surface area (Å²) in [5.74, 6) is 1.06. The molecule has 0 bridgehead atoms. The largest absolute Gasteiger partial charge is 0.118 e. The summed E-state index contributed by atoms with van der Waals surface area (Å²) >= 11 is 2.82. The summed E-state index contributed by atoms with van der Waals surface area (Å²) in [7, 11) is 0. The third-order valence-electron chi connectivity index (χ3n) is 1.81. The van der Waals surface area contributed by atoms with Gasteiger partial charge < -0.3 is 0 Å². The number of hydrogen-bond acceptors (Lipinski definition) is 0. The zero-order valence-corrected chi connectivity index (χ0v) is 5.84. The third-order valence-corrected chi connectivity index (χ3v) is 2.47. The average Bonchev–Trinajstić information content (AvgIpc) is 2.14. The second-order valence-corrected chi connectivity index (χ2v) is 2.86. The molecule has 0 spiro atoms. The molecule has 7 heavy (non-hydrogen) atoms. The van der Waals surface area contributed by atoms with Gasteiger partial charge in [0.25, 0.3) is 0 Å². The van der Waals surface area contributed by atoms with Gasteiger partial charge in [-0.15, -0.1) is 5.28 Å². The van der Waals surface area contributed by atoms with E-state index in [4.69, 9.17) is 0 Å². The first-order chi connectivity index (χ1) is 3.43. The molecule has 0 aromatic carbocycles. The van der Waals surface area contributed by atoms with Gasteiger partial charge in [-0.3, -0.25) is 0 Å². The van der Waals surface area contributed by atoms with Crippen LogP contribution in [0.15, 0.2) is 0 Å². The fourth-order valence-corrected chi connectivity index (χ4v) is 1.72. The summed E-state index contributed by atoms with van der Waals surface area (Å²) in [6, 6.07) is 0. The SMILES string of the molecule is [Al][CH2]C1CCCC1. The van der Waals surface area contributed by atoms with Crippen LogP contribution in [0, 0.1) is 5.92 Å². The highest BCUT2D eigenvalue weighted by Crippen LogP contribution is 2.26. The topological polar surface area (TPSA) is 0 Å². The molecule has 1 rings (SSSR count). The van der Waals surface area contributed by atoms with Gasteiger partial charge in [-0.2, -0.15) is 0 Å². The molecule has 0 aromatic rings. The van der Waals surface area contributed by atoms with Gasteiger partial charge in [-0.05, 0) is 0 Å². The lowest BCUT2D eigenvalue weighted by molar-refractivity contribution is 0.611. The van der Waals surface area contributed by atoms with Crippen molar-refractivity contribution in [2.24, 2.45) is 5.92 Å². The van der Waals surface area contributed by atoms with E-state index in [0.29, 0.717) is 0 Å². The highest BCUT2D eigenvalue weighted by Gasteiger charge is 2.10. The fraction of sp³-hybridized carbons (Fsp3) is 1.00. The fourth-order valence-electron chi connectivity index (χ4n) is 1.25. The van der Waals surface area contributed by atoms with Gasteiger partial charge >= 0.3 is 0 Å². The zero-order chi connectivity index (χ0) is 5.11. The van der Waals surface area contributed by atoms with Gasteiger partial charge in [0.05, 0.1) is 0 Å². The van der Waals surface area contributed by atoms with Crippen molar-refractivity contribution in [2.45, 2.75) is 31.0 Å². The van der Waals surface area contributed by atoms with Crippen molar-refractivity contribution >= 4 is 16.3 Å². The Bertz CT molecular complexity index is 46.1. The van der Waals surface area contributed by atoms with Crippen molar-refractivity contribution in [1.29, 1.82) is 0 Å². The molecule has 2 radical (unpaired) electrons. The van der Waals surface area contributed by atoms with Crippen LogP contribution in [0.4, 0.5) is 0 Å². The minimum atomic E-state index is 1.06. The second-order valence-electron chi connectivity index (χ2n) is 2.39. The van der Waals surface area contributed by atoms with Crippen molar-refractivity contribution in [3.8, 4) is 0 Å². The van der Waals surface area contributed by atoms with Crippen molar-refractivity contribution in [1.82, 2.24) is 0 Å². The Hall–Kier alpha value is 0.532. The smallest absolute Gasteiger partial charge is 0.115 e. The van der Waals surface area contributed by atoms with Crippen molar-refractivity contribution in [2.75, 3.05) is 0 Å². The van der Waals surface area contributed by atoms with E-state index in [2.05, 4.69) is 16.3 Å². The Balaban J connectivity index is 2.14. The maximum atomic E-state index is 2.82. The predicted molar refractivity (Wildman–Crippen MR) is 32.5 cm³/mol. The monoisotopic (exact) mass is 110 g/mol. The van der Waals surface area contributed by atoms with Crippen LogP contribution in [0.25, 0.3) is 0 Å². The lowest BCUT2D eigenvalue weighted by atomic mass is 10.1. The highest BCUT2D eigenvalue weighted by atomic mass is 27.0. The maximum absolute atomic E-state index is 2.82. The van der Waals surface area contributed by atoms with E-state index < -0.39 is 0 Å². The van der Waals surface area contributed by atoms with Crippen molar-refractivity contribution < 1.29 is 0 Å². The van der Waals surface area contributed by atoms with Crippen molar-refractivity contribution in [3.05, 3.63) is 0 Å². The molecule has 1 saturated carbocycles. The predicted octanol–water partition coefficient (Wildman–Crippen LogP) is 1.76. The average molecular weight is 110 g/mol. The molecule has 0 unspecified atom stereocenters. The summed E-state index contributed by atoms with van der Waals surface area (Å²) in [5.41, 5.74) is 0. The Morgan fingerprint density at radius 3 is 2.14 bits per heavy atom. The summed E-state index contributed by atoms with van der Waals surface area (Å²) in [6.45, 7) is 0. The van der Waals surface area contributed by atoms with E-state index in [1.54, 1.807) is 0 Å². The first-order valence-corrected chi connectivity index (χ1v) is 3.95. The van der Waals surface area contributed by atoms with E-state index in [-0.39, 0.29) is 0 Å². The molecule has 0 amide bonds. The van der Waals surface area contributed by atoms with Crippen molar-refractivity contribution in [3.63, 3.8) is 0 Å². The molecule has 0 aliphatic heterocycles. The minimum Gasteiger partial charge on any atom is -0.115 e. The third kappa shape index (κ3) is 1.48. The van der Waals surface area contributed by atoms with Crippen LogP contribution >= 0.6 is 0 Å². The summed E-state index contributed by atoms with van der Waals surface area (Å²) in [4.78, 5) is 0. The number of hydrogen-bond donors (Lipinski definition) is 0. The van der Waals surface area contributed by atoms with Gasteiger partial charge in [0.2, 0.25) is 0 Å². The molecule has 1 fully saturated rings. The van der Waals surface area contributed by atoms with Crippen LogP contribution < -0.4 is 0 Å². The number of rotatable bonds is 1. The molecule has 0 aromatic heterocycles. The van der Waals surface area contributed by atoms with Crippen LogP contribution in [0.2, 0.25) is 5.28 Å². The Kier molecular flexibility index (Phi) is 2.22. The first kappa shape index (κ1) is 5.67. The molecule has 0 heterocycles. The lowest BCUT2D eigenvalue weighted by Gasteiger charge is -2.00. The second kappa shape index (κ2) is 2.75. The molecule has 1 aliphatic carbocycles. The Labute approximate surface area is 53.7 Å². The van der Waals surface area contributed by atoms with Gasteiger partial charge in [-0.25, -0.2) is 0 Å². The normalized spacial score (nSPS) is 23.4. The van der Waals surface area contributed by atoms with E-state index >= 15 is 0 Å². The molecule has 1 aliphatic rings. The Morgan fingerprint density at radius 2 is 1.86 bits per heavy atom. The summed E-state index contributed by atoms with van der Waals surface area (Å²) < 4.78 is 0. The minimum absolute atomic E-state index is 1.06. The van der Waals surface area contributed by atoms with Crippen LogP contribution in [-0.4, -0.2) is 16.3 Å². The summed E-state index contributed by atoms with van der Waals surface area (Å²) in [5, 5.41) is 1.33. The first-order valence-electron chi connectivity index (χ1n) is 3.13. The Morgan fingerprint density at radius 1 is 1.29 bits per heavy atom. The lowest BCUT2D eigenvalue weighted by Crippen LogP contribution is -1.88. The molecule has 0 atom stereocenters. The summed E-state index contributed by atoms with van der Waals surface area (Å²) in [6.07, 6.45) is 5.95. The van der Waals surface area contributed by atoms with Crippen LogP contribution in [0.5, 0.6) is 0 Å². The van der Waals surface area contributed by atoms with Crippen LogP contribution in [-0.2, 0) is 0 Å². The van der Waals surface area contributed by atoms with Gasteiger partial charge in [-0.1, -0.05) is 31.6 Å². The maximum Gasteiger partial charge on any atom is 0.118 e. The molecular formula is C6H11Al. The zero-order valence-electron chi connectivity index (χ0n) is 4.69. The standard InChI is InChI=1S/C6H11.Al/c1-6-4-2-3-5-6;/h6H,1-5H2;. The molecule has 0 nitrogen and oxygen atoms in total. The van der Waals surface area contributed by atoms with E-state index in [1.807, 2.05) is 0 Å². The van der Waals surface area contributed by atoms with Crippen LogP contribution in [0.3, 0.4) is 0 Å². The van der Waals surface area contributed by atoms with Gasteiger partial charge in [0.1, 0.15) is 16.3 Å².